The molecule has 3 aromatic rings. The van der Waals surface area contributed by atoms with Crippen molar-refractivity contribution in [3.8, 4) is 11.4 Å². The number of hydrogen-bond donors (Lipinski definition) is 3. The van der Waals surface area contributed by atoms with Crippen molar-refractivity contribution >= 4 is 15.7 Å². The second kappa shape index (κ2) is 5.02. The minimum Gasteiger partial charge on any atom is -0.278 e. The molecule has 0 amide bonds. The lowest BCUT2D eigenvalue weighted by molar-refractivity contribution is 0.597. The van der Waals surface area contributed by atoms with Crippen LogP contribution in [0.25, 0.3) is 11.4 Å². The highest BCUT2D eigenvalue weighted by Crippen LogP contribution is 2.26. The summed E-state index contributed by atoms with van der Waals surface area (Å²) >= 11 is 0. The summed E-state index contributed by atoms with van der Waals surface area (Å²) in [5, 5.41) is 12.8. The van der Waals surface area contributed by atoms with Crippen LogP contribution in [0.3, 0.4) is 0 Å². The molecule has 0 fully saturated rings. The van der Waals surface area contributed by atoms with Gasteiger partial charge in [0.25, 0.3) is 10.0 Å². The van der Waals surface area contributed by atoms with Crippen LogP contribution in [-0.4, -0.2) is 33.8 Å². The molecule has 9 heteroatoms. The van der Waals surface area contributed by atoms with Gasteiger partial charge in [0.15, 0.2) is 10.9 Å². The van der Waals surface area contributed by atoms with Gasteiger partial charge in [-0.1, -0.05) is 12.1 Å². The van der Waals surface area contributed by atoms with E-state index >= 15 is 0 Å². The first-order chi connectivity index (χ1) is 10.1. The van der Waals surface area contributed by atoms with Crippen LogP contribution in [0.2, 0.25) is 0 Å². The molecule has 2 heterocycles. The number of benzene rings is 1. The molecule has 1 aromatic carbocycles. The summed E-state index contributed by atoms with van der Waals surface area (Å²) in [6.07, 6.45) is 1.37. The highest BCUT2D eigenvalue weighted by Gasteiger charge is 2.18. The standard InChI is InChI=1S/C12H12N6O2S/c1-8-14-12(17-15-8)9-4-2-3-5-10(9)18-21(19,20)11-6-7-13-16-11/h2-7,18H,1H3,(H,13,16)(H,14,15,17). The molecule has 0 aliphatic carbocycles. The van der Waals surface area contributed by atoms with Gasteiger partial charge in [0.05, 0.1) is 11.9 Å². The monoisotopic (exact) mass is 304 g/mol. The van der Waals surface area contributed by atoms with Crippen molar-refractivity contribution in [3.63, 3.8) is 0 Å². The molecule has 108 valence electrons. The highest BCUT2D eigenvalue weighted by atomic mass is 32.2. The minimum absolute atomic E-state index is 0.0107. The Labute approximate surface area is 120 Å². The SMILES string of the molecule is Cc1nc(-c2ccccc2NS(=O)(=O)c2ccn[nH]2)n[nH]1. The summed E-state index contributed by atoms with van der Waals surface area (Å²) < 4.78 is 26.9. The number of para-hydroxylation sites is 1. The molecule has 0 spiro atoms. The van der Waals surface area contributed by atoms with Crippen molar-refractivity contribution in [2.24, 2.45) is 0 Å². The molecule has 2 aromatic heterocycles. The maximum Gasteiger partial charge on any atom is 0.278 e. The molecule has 3 rings (SSSR count). The molecule has 3 N–H and O–H groups in total. The van der Waals surface area contributed by atoms with E-state index in [9.17, 15) is 8.42 Å². The maximum absolute atomic E-state index is 12.2. The Morgan fingerprint density at radius 3 is 2.62 bits per heavy atom. The Bertz CT molecular complexity index is 854. The molecule has 0 atom stereocenters. The van der Waals surface area contributed by atoms with Gasteiger partial charge in [0.1, 0.15) is 5.82 Å². The molecule has 0 bridgehead atoms. The molecule has 0 radical (unpaired) electrons. The van der Waals surface area contributed by atoms with Gasteiger partial charge in [-0.25, -0.2) is 4.98 Å². The lowest BCUT2D eigenvalue weighted by Gasteiger charge is -2.09. The minimum atomic E-state index is -3.73. The lowest BCUT2D eigenvalue weighted by Crippen LogP contribution is -2.14. The zero-order chi connectivity index (χ0) is 14.9. The van der Waals surface area contributed by atoms with Crippen LogP contribution in [-0.2, 0) is 10.0 Å². The number of sulfonamides is 1. The van der Waals surface area contributed by atoms with Gasteiger partial charge < -0.3 is 0 Å². The normalized spacial score (nSPS) is 11.5. The van der Waals surface area contributed by atoms with Crippen molar-refractivity contribution in [3.05, 3.63) is 42.4 Å². The van der Waals surface area contributed by atoms with Crippen LogP contribution in [0.15, 0.2) is 41.6 Å². The van der Waals surface area contributed by atoms with Crippen molar-refractivity contribution in [1.82, 2.24) is 25.4 Å². The lowest BCUT2D eigenvalue weighted by atomic mass is 10.2. The van der Waals surface area contributed by atoms with Gasteiger partial charge in [0.2, 0.25) is 0 Å². The predicted molar refractivity (Wildman–Crippen MR) is 76.0 cm³/mol. The van der Waals surface area contributed by atoms with Gasteiger partial charge in [-0.05, 0) is 25.1 Å². The molecule has 8 nitrogen and oxygen atoms in total. The summed E-state index contributed by atoms with van der Waals surface area (Å²) in [6, 6.07) is 8.28. The Balaban J connectivity index is 2.01. The van der Waals surface area contributed by atoms with Crippen molar-refractivity contribution in [1.29, 1.82) is 0 Å². The summed E-state index contributed by atoms with van der Waals surface area (Å²) in [7, 11) is -3.73. The van der Waals surface area contributed by atoms with Crippen LogP contribution in [0.5, 0.6) is 0 Å². The van der Waals surface area contributed by atoms with Crippen LogP contribution < -0.4 is 4.72 Å². The average Bonchev–Trinajstić information content (AvgIpc) is 3.10. The van der Waals surface area contributed by atoms with Crippen LogP contribution in [0.1, 0.15) is 5.82 Å². The number of aromatic amines is 2. The maximum atomic E-state index is 12.2. The summed E-state index contributed by atoms with van der Waals surface area (Å²) in [5.74, 6) is 1.08. The number of rotatable bonds is 4. The predicted octanol–water partition coefficient (Wildman–Crippen LogP) is 1.30. The van der Waals surface area contributed by atoms with E-state index in [4.69, 9.17) is 0 Å². The van der Waals surface area contributed by atoms with E-state index in [1.54, 1.807) is 31.2 Å². The van der Waals surface area contributed by atoms with E-state index in [0.717, 1.165) is 0 Å². The summed E-state index contributed by atoms with van der Waals surface area (Å²) in [4.78, 5) is 4.21. The number of nitrogens with zero attached hydrogens (tertiary/aromatic N) is 3. The first kappa shape index (κ1) is 13.3. The average molecular weight is 304 g/mol. The molecule has 0 unspecified atom stereocenters. The van der Waals surface area contributed by atoms with Gasteiger partial charge >= 0.3 is 0 Å². The van der Waals surface area contributed by atoms with E-state index in [1.807, 2.05) is 0 Å². The van der Waals surface area contributed by atoms with Crippen molar-refractivity contribution in [2.75, 3.05) is 4.72 Å². The highest BCUT2D eigenvalue weighted by molar-refractivity contribution is 7.92. The van der Waals surface area contributed by atoms with Crippen LogP contribution in [0.4, 0.5) is 5.69 Å². The van der Waals surface area contributed by atoms with E-state index < -0.39 is 10.0 Å². The molecule has 0 aliphatic heterocycles. The number of anilines is 1. The Hall–Kier alpha value is -2.68. The molecule has 21 heavy (non-hydrogen) atoms. The second-order valence-electron chi connectivity index (χ2n) is 4.32. The summed E-state index contributed by atoms with van der Waals surface area (Å²) in [6.45, 7) is 1.77. The van der Waals surface area contributed by atoms with E-state index in [0.29, 0.717) is 22.9 Å². The fourth-order valence-electron chi connectivity index (χ4n) is 1.82. The first-order valence-electron chi connectivity index (χ1n) is 6.07. The number of nitrogens with one attached hydrogen (secondary N) is 3. The Kier molecular flexibility index (Phi) is 3.18. The number of H-pyrrole nitrogens is 2. The fraction of sp³-hybridized carbons (Fsp3) is 0.0833. The number of hydrogen-bond acceptors (Lipinski definition) is 5. The second-order valence-corrected chi connectivity index (χ2v) is 5.97. The van der Waals surface area contributed by atoms with E-state index in [-0.39, 0.29) is 5.03 Å². The molecular formula is C12H12N6O2S. The van der Waals surface area contributed by atoms with Gasteiger partial charge in [0, 0.05) is 5.56 Å². The zero-order valence-electron chi connectivity index (χ0n) is 11.0. The first-order valence-corrected chi connectivity index (χ1v) is 7.55. The van der Waals surface area contributed by atoms with E-state index in [2.05, 4.69) is 30.1 Å². The zero-order valence-corrected chi connectivity index (χ0v) is 11.8. The molecule has 0 saturated heterocycles. The Morgan fingerprint density at radius 1 is 1.14 bits per heavy atom. The smallest absolute Gasteiger partial charge is 0.278 e. The van der Waals surface area contributed by atoms with Gasteiger partial charge in [-0.3, -0.25) is 14.9 Å². The third kappa shape index (κ3) is 2.63. The van der Waals surface area contributed by atoms with Crippen LogP contribution >= 0.6 is 0 Å². The quantitative estimate of drug-likeness (QED) is 0.672. The number of aryl methyl sites for hydroxylation is 1. The fourth-order valence-corrected chi connectivity index (χ4v) is 2.81. The Morgan fingerprint density at radius 2 is 1.95 bits per heavy atom. The van der Waals surface area contributed by atoms with Gasteiger partial charge in [-0.2, -0.15) is 18.6 Å². The van der Waals surface area contributed by atoms with Crippen molar-refractivity contribution < 1.29 is 8.42 Å². The van der Waals surface area contributed by atoms with Crippen molar-refractivity contribution in [2.45, 2.75) is 11.9 Å². The molecular weight excluding hydrogens is 292 g/mol. The third-order valence-corrected chi connectivity index (χ3v) is 4.07. The topological polar surface area (TPSA) is 116 Å². The third-order valence-electron chi connectivity index (χ3n) is 2.77. The largest absolute Gasteiger partial charge is 0.278 e. The van der Waals surface area contributed by atoms with Gasteiger partial charge in [-0.15, -0.1) is 0 Å². The van der Waals surface area contributed by atoms with E-state index in [1.165, 1.54) is 12.3 Å². The van der Waals surface area contributed by atoms with Crippen LogP contribution in [0, 0.1) is 6.92 Å². The summed E-state index contributed by atoms with van der Waals surface area (Å²) in [5.41, 5.74) is 0.982. The molecule has 0 aliphatic rings. The number of aromatic nitrogens is 5. The molecule has 0 saturated carbocycles.